The molecule has 1 aliphatic carbocycles. The Kier molecular flexibility index (Phi) is 1.92. The van der Waals surface area contributed by atoms with E-state index in [0.29, 0.717) is 13.0 Å². The number of aromatic nitrogens is 3. The van der Waals surface area contributed by atoms with E-state index < -0.39 is 0 Å². The number of nitrogens with zero attached hydrogens (tertiary/aromatic N) is 4. The van der Waals surface area contributed by atoms with Gasteiger partial charge in [0, 0.05) is 18.9 Å². The van der Waals surface area contributed by atoms with Gasteiger partial charge in [-0.3, -0.25) is 4.57 Å². The predicted octanol–water partition coefficient (Wildman–Crippen LogP) is 0.276. The molecule has 5 nitrogen and oxygen atoms in total. The van der Waals surface area contributed by atoms with Crippen molar-refractivity contribution in [2.45, 2.75) is 25.8 Å². The fourth-order valence-electron chi connectivity index (χ4n) is 1.58. The monoisotopic (exact) mass is 192 g/mol. The fraction of sp³-hybridized carbons (Fsp3) is 0.667. The Morgan fingerprint density at radius 1 is 1.71 bits per heavy atom. The molecule has 14 heavy (non-hydrogen) atoms. The molecule has 1 aromatic rings. The highest BCUT2D eigenvalue weighted by molar-refractivity contribution is 4.99. The van der Waals surface area contributed by atoms with Crippen molar-refractivity contribution in [1.82, 2.24) is 14.3 Å². The third kappa shape index (κ3) is 1.43. The van der Waals surface area contributed by atoms with Crippen LogP contribution in [0.3, 0.4) is 0 Å². The van der Waals surface area contributed by atoms with Crippen LogP contribution in [0.4, 0.5) is 0 Å². The summed E-state index contributed by atoms with van der Waals surface area (Å²) in [6.45, 7) is 0.584. The minimum Gasteiger partial charge on any atom is -0.285 e. The summed E-state index contributed by atoms with van der Waals surface area (Å²) in [5, 5.41) is 12.6. The molecule has 1 heterocycles. The normalized spacial score (nSPS) is 17.7. The summed E-state index contributed by atoms with van der Waals surface area (Å²) in [4.78, 5) is 11.5. The molecule has 0 amide bonds. The molecule has 0 saturated heterocycles. The molecule has 0 aromatic carbocycles. The van der Waals surface area contributed by atoms with Crippen molar-refractivity contribution in [1.29, 1.82) is 5.26 Å². The van der Waals surface area contributed by atoms with Crippen LogP contribution in [0.5, 0.6) is 0 Å². The van der Waals surface area contributed by atoms with Gasteiger partial charge in [-0.25, -0.2) is 9.48 Å². The molecule has 0 atom stereocenters. The van der Waals surface area contributed by atoms with E-state index in [4.69, 9.17) is 5.26 Å². The van der Waals surface area contributed by atoms with E-state index in [9.17, 15) is 4.79 Å². The molecule has 0 radical (unpaired) electrons. The summed E-state index contributed by atoms with van der Waals surface area (Å²) in [6.07, 6.45) is 4.09. The van der Waals surface area contributed by atoms with Gasteiger partial charge in [0.1, 0.15) is 6.33 Å². The van der Waals surface area contributed by atoms with Gasteiger partial charge in [0.05, 0.1) is 12.6 Å². The summed E-state index contributed by atoms with van der Waals surface area (Å²) >= 11 is 0. The largest absolute Gasteiger partial charge is 0.345 e. The lowest BCUT2D eigenvalue weighted by atomic mass is 10.0. The van der Waals surface area contributed by atoms with Gasteiger partial charge in [-0.05, 0) is 12.8 Å². The predicted molar refractivity (Wildman–Crippen MR) is 49.4 cm³/mol. The van der Waals surface area contributed by atoms with Gasteiger partial charge in [-0.15, -0.1) is 0 Å². The van der Waals surface area contributed by atoms with E-state index in [0.717, 1.165) is 12.8 Å². The minimum atomic E-state index is -0.103. The first kappa shape index (κ1) is 9.00. The van der Waals surface area contributed by atoms with E-state index in [2.05, 4.69) is 11.2 Å². The second kappa shape index (κ2) is 2.98. The molecule has 5 heteroatoms. The average molecular weight is 192 g/mol. The van der Waals surface area contributed by atoms with Crippen molar-refractivity contribution < 1.29 is 0 Å². The number of hydrogen-bond donors (Lipinski definition) is 0. The second-order valence-electron chi connectivity index (χ2n) is 4.02. The van der Waals surface area contributed by atoms with Gasteiger partial charge in [0.2, 0.25) is 0 Å². The van der Waals surface area contributed by atoms with Crippen molar-refractivity contribution in [3.05, 3.63) is 16.8 Å². The fourth-order valence-corrected chi connectivity index (χ4v) is 1.58. The maximum atomic E-state index is 11.5. The minimum absolute atomic E-state index is 0.0347. The molecule has 74 valence electrons. The van der Waals surface area contributed by atoms with Crippen LogP contribution in [-0.2, 0) is 13.6 Å². The highest BCUT2D eigenvalue weighted by atomic mass is 16.2. The summed E-state index contributed by atoms with van der Waals surface area (Å²) in [5.74, 6) is 0. The number of rotatable bonds is 3. The Bertz CT molecular complexity index is 432. The van der Waals surface area contributed by atoms with Crippen LogP contribution in [0.25, 0.3) is 0 Å². The molecular formula is C9H12N4O. The highest BCUT2D eigenvalue weighted by Crippen LogP contribution is 2.49. The maximum Gasteiger partial charge on any atom is 0.345 e. The summed E-state index contributed by atoms with van der Waals surface area (Å²) < 4.78 is 2.90. The molecule has 1 saturated carbocycles. The third-order valence-electron chi connectivity index (χ3n) is 2.78. The topological polar surface area (TPSA) is 63.6 Å². The van der Waals surface area contributed by atoms with Crippen LogP contribution in [-0.4, -0.2) is 14.3 Å². The van der Waals surface area contributed by atoms with Crippen LogP contribution in [0.1, 0.15) is 19.3 Å². The standard InChI is InChI=1S/C9H12N4O/c1-12-7-11-13(8(12)14)6-9(2-3-9)4-5-10/h7H,2-4,6H2,1H3. The lowest BCUT2D eigenvalue weighted by Gasteiger charge is -2.08. The first-order valence-electron chi connectivity index (χ1n) is 4.62. The maximum absolute atomic E-state index is 11.5. The Labute approximate surface area is 81.6 Å². The van der Waals surface area contributed by atoms with E-state index in [1.165, 1.54) is 15.6 Å². The van der Waals surface area contributed by atoms with Crippen molar-refractivity contribution in [2.24, 2.45) is 12.5 Å². The highest BCUT2D eigenvalue weighted by Gasteiger charge is 2.43. The van der Waals surface area contributed by atoms with Gasteiger partial charge < -0.3 is 0 Å². The summed E-state index contributed by atoms with van der Waals surface area (Å²) in [6, 6.07) is 2.17. The molecular weight excluding hydrogens is 180 g/mol. The molecule has 1 aromatic heterocycles. The van der Waals surface area contributed by atoms with Crippen LogP contribution >= 0.6 is 0 Å². The zero-order chi connectivity index (χ0) is 10.2. The Morgan fingerprint density at radius 3 is 2.86 bits per heavy atom. The van der Waals surface area contributed by atoms with Crippen LogP contribution in [0.15, 0.2) is 11.1 Å². The van der Waals surface area contributed by atoms with Gasteiger partial charge >= 0.3 is 5.69 Å². The molecule has 1 aliphatic rings. The van der Waals surface area contributed by atoms with Gasteiger partial charge in [-0.1, -0.05) is 0 Å². The SMILES string of the molecule is Cn1cnn(CC2(CC#N)CC2)c1=O. The van der Waals surface area contributed by atoms with E-state index in [1.807, 2.05) is 0 Å². The molecule has 0 unspecified atom stereocenters. The van der Waals surface area contributed by atoms with Crippen molar-refractivity contribution in [3.8, 4) is 6.07 Å². The van der Waals surface area contributed by atoms with Gasteiger partial charge in [0.15, 0.2) is 0 Å². The summed E-state index contributed by atoms with van der Waals surface area (Å²) in [7, 11) is 1.68. The average Bonchev–Trinajstić information content (AvgIpc) is 2.85. The molecule has 0 aliphatic heterocycles. The number of aryl methyl sites for hydroxylation is 1. The quantitative estimate of drug-likeness (QED) is 0.690. The number of nitriles is 1. The number of hydrogen-bond acceptors (Lipinski definition) is 3. The van der Waals surface area contributed by atoms with Crippen molar-refractivity contribution >= 4 is 0 Å². The third-order valence-corrected chi connectivity index (χ3v) is 2.78. The zero-order valence-electron chi connectivity index (χ0n) is 8.10. The van der Waals surface area contributed by atoms with Crippen molar-refractivity contribution in [3.63, 3.8) is 0 Å². The molecule has 0 spiro atoms. The molecule has 2 rings (SSSR count). The first-order chi connectivity index (χ1) is 6.67. The van der Waals surface area contributed by atoms with E-state index in [-0.39, 0.29) is 11.1 Å². The second-order valence-corrected chi connectivity index (χ2v) is 4.02. The molecule has 0 N–H and O–H groups in total. The van der Waals surface area contributed by atoms with E-state index >= 15 is 0 Å². The van der Waals surface area contributed by atoms with Crippen LogP contribution in [0, 0.1) is 16.7 Å². The van der Waals surface area contributed by atoms with E-state index in [1.54, 1.807) is 7.05 Å². The molecule has 0 bridgehead atoms. The van der Waals surface area contributed by atoms with Crippen LogP contribution in [0.2, 0.25) is 0 Å². The van der Waals surface area contributed by atoms with Gasteiger partial charge in [-0.2, -0.15) is 10.4 Å². The summed E-state index contributed by atoms with van der Waals surface area (Å²) in [5.41, 5.74) is -0.0679. The Morgan fingerprint density at radius 2 is 2.43 bits per heavy atom. The smallest absolute Gasteiger partial charge is 0.285 e. The Balaban J connectivity index is 2.16. The van der Waals surface area contributed by atoms with Crippen LogP contribution < -0.4 is 5.69 Å². The molecule has 1 fully saturated rings. The Hall–Kier alpha value is -1.57. The zero-order valence-corrected chi connectivity index (χ0v) is 8.10. The lowest BCUT2D eigenvalue weighted by Crippen LogP contribution is -2.26. The first-order valence-corrected chi connectivity index (χ1v) is 4.62. The van der Waals surface area contributed by atoms with Gasteiger partial charge in [0.25, 0.3) is 0 Å². The lowest BCUT2D eigenvalue weighted by molar-refractivity contribution is 0.394. The van der Waals surface area contributed by atoms with Crippen molar-refractivity contribution in [2.75, 3.05) is 0 Å².